The molecule has 3 rings (SSSR count). The number of carbonyl (C=O) groups excluding carboxylic acids is 1. The maximum atomic E-state index is 13.5. The molecule has 1 fully saturated rings. The Balaban J connectivity index is 1.54. The molecule has 0 aliphatic carbocycles. The third-order valence-electron chi connectivity index (χ3n) is 5.08. The lowest BCUT2D eigenvalue weighted by Crippen LogP contribution is -2.43. The highest BCUT2D eigenvalue weighted by Crippen LogP contribution is 2.22. The van der Waals surface area contributed by atoms with Crippen molar-refractivity contribution in [3.63, 3.8) is 0 Å². The number of benzene rings is 2. The summed E-state index contributed by atoms with van der Waals surface area (Å²) < 4.78 is 18.8. The normalized spacial score (nSPS) is 15.6. The van der Waals surface area contributed by atoms with Gasteiger partial charge in [-0.15, -0.1) is 0 Å². The Kier molecular flexibility index (Phi) is 6.75. The van der Waals surface area contributed by atoms with Crippen LogP contribution in [0.4, 0.5) is 4.39 Å². The van der Waals surface area contributed by atoms with Gasteiger partial charge in [-0.3, -0.25) is 9.69 Å². The second-order valence-electron chi connectivity index (χ2n) is 6.93. The van der Waals surface area contributed by atoms with E-state index in [1.807, 2.05) is 6.07 Å². The zero-order valence-electron chi connectivity index (χ0n) is 16.0. The Hall–Kier alpha value is -2.75. The van der Waals surface area contributed by atoms with Crippen LogP contribution in [0.2, 0.25) is 0 Å². The number of nitriles is 1. The number of halogens is 1. The smallest absolute Gasteiger partial charge is 0.251 e. The average molecular weight is 381 g/mol. The van der Waals surface area contributed by atoms with Crippen LogP contribution in [-0.2, 0) is 4.74 Å². The van der Waals surface area contributed by atoms with Crippen molar-refractivity contribution in [2.24, 2.45) is 0 Å². The van der Waals surface area contributed by atoms with Crippen LogP contribution >= 0.6 is 0 Å². The van der Waals surface area contributed by atoms with Gasteiger partial charge in [-0.2, -0.15) is 5.26 Å². The van der Waals surface area contributed by atoms with Gasteiger partial charge in [-0.25, -0.2) is 4.39 Å². The fourth-order valence-electron chi connectivity index (χ4n) is 3.30. The maximum absolute atomic E-state index is 13.5. The van der Waals surface area contributed by atoms with E-state index in [4.69, 9.17) is 10.00 Å². The molecular formula is C22H24FN3O2. The second kappa shape index (κ2) is 9.45. The van der Waals surface area contributed by atoms with E-state index in [1.165, 1.54) is 12.1 Å². The second-order valence-corrected chi connectivity index (χ2v) is 6.93. The minimum absolute atomic E-state index is 0.00806. The first-order chi connectivity index (χ1) is 13.6. The van der Waals surface area contributed by atoms with E-state index in [9.17, 15) is 9.18 Å². The molecule has 0 bridgehead atoms. The summed E-state index contributed by atoms with van der Waals surface area (Å²) in [5, 5.41) is 11.9. The largest absolute Gasteiger partial charge is 0.379 e. The molecule has 0 spiro atoms. The number of ether oxygens (including phenoxy) is 1. The molecule has 1 saturated heterocycles. The standard InChI is InChI=1S/C22H24FN3O2/c1-16(26-10-12-28-13-11-26)8-9-25-22(27)18-4-2-17(3-5-18)19-6-7-21(23)20(14-19)15-24/h2-7,14,16H,8-13H2,1H3,(H,25,27)/t16-/m0/s1. The third-order valence-corrected chi connectivity index (χ3v) is 5.08. The molecule has 1 N–H and O–H groups in total. The van der Waals surface area contributed by atoms with E-state index in [-0.39, 0.29) is 11.5 Å². The number of rotatable bonds is 6. The van der Waals surface area contributed by atoms with Gasteiger partial charge in [0.2, 0.25) is 0 Å². The van der Waals surface area contributed by atoms with E-state index in [0.29, 0.717) is 18.2 Å². The maximum Gasteiger partial charge on any atom is 0.251 e. The Bertz CT molecular complexity index is 855. The molecule has 1 atom stereocenters. The van der Waals surface area contributed by atoms with Gasteiger partial charge in [0.1, 0.15) is 11.9 Å². The number of nitrogens with zero attached hydrogens (tertiary/aromatic N) is 2. The summed E-state index contributed by atoms with van der Waals surface area (Å²) in [7, 11) is 0. The summed E-state index contributed by atoms with van der Waals surface area (Å²) in [4.78, 5) is 14.7. The van der Waals surface area contributed by atoms with E-state index in [2.05, 4.69) is 17.1 Å². The molecule has 6 heteroatoms. The van der Waals surface area contributed by atoms with Crippen molar-refractivity contribution >= 4 is 5.91 Å². The number of nitrogens with one attached hydrogen (secondary N) is 1. The monoisotopic (exact) mass is 381 g/mol. The Labute approximate surface area is 164 Å². The molecule has 1 amide bonds. The van der Waals surface area contributed by atoms with Gasteiger partial charge in [0.15, 0.2) is 0 Å². The van der Waals surface area contributed by atoms with Gasteiger partial charge in [0.25, 0.3) is 5.91 Å². The van der Waals surface area contributed by atoms with Gasteiger partial charge in [-0.1, -0.05) is 18.2 Å². The fourth-order valence-corrected chi connectivity index (χ4v) is 3.30. The first-order valence-electron chi connectivity index (χ1n) is 9.48. The quantitative estimate of drug-likeness (QED) is 0.835. The Morgan fingerprint density at radius 1 is 1.21 bits per heavy atom. The molecule has 5 nitrogen and oxygen atoms in total. The van der Waals surface area contributed by atoms with E-state index >= 15 is 0 Å². The van der Waals surface area contributed by atoms with Crippen LogP contribution in [0.1, 0.15) is 29.3 Å². The highest BCUT2D eigenvalue weighted by Gasteiger charge is 2.17. The molecule has 0 radical (unpaired) electrons. The first kappa shape index (κ1) is 20.0. The van der Waals surface area contributed by atoms with E-state index in [1.54, 1.807) is 30.3 Å². The highest BCUT2D eigenvalue weighted by molar-refractivity contribution is 5.94. The summed E-state index contributed by atoms with van der Waals surface area (Å²) >= 11 is 0. The predicted octanol–water partition coefficient (Wildman–Crippen LogP) is 3.20. The average Bonchev–Trinajstić information content (AvgIpc) is 2.74. The van der Waals surface area contributed by atoms with Crippen LogP contribution < -0.4 is 5.32 Å². The molecular weight excluding hydrogens is 357 g/mol. The predicted molar refractivity (Wildman–Crippen MR) is 105 cm³/mol. The van der Waals surface area contributed by atoms with Crippen LogP contribution in [-0.4, -0.2) is 49.7 Å². The van der Waals surface area contributed by atoms with E-state index < -0.39 is 5.82 Å². The van der Waals surface area contributed by atoms with Gasteiger partial charge in [0.05, 0.1) is 18.8 Å². The minimum Gasteiger partial charge on any atom is -0.379 e. The van der Waals surface area contributed by atoms with Gasteiger partial charge >= 0.3 is 0 Å². The van der Waals surface area contributed by atoms with Crippen molar-refractivity contribution in [2.75, 3.05) is 32.8 Å². The number of morpholine rings is 1. The summed E-state index contributed by atoms with van der Waals surface area (Å²) in [5.41, 5.74) is 2.15. The molecule has 146 valence electrons. The summed E-state index contributed by atoms with van der Waals surface area (Å²) in [5.74, 6) is -0.647. The molecule has 2 aromatic rings. The number of carbonyl (C=O) groups is 1. The first-order valence-corrected chi connectivity index (χ1v) is 9.48. The van der Waals surface area contributed by atoms with Gasteiger partial charge < -0.3 is 10.1 Å². The van der Waals surface area contributed by atoms with Crippen molar-refractivity contribution in [1.82, 2.24) is 10.2 Å². The molecule has 1 aliphatic rings. The molecule has 1 aliphatic heterocycles. The van der Waals surface area contributed by atoms with Crippen LogP contribution in [0.3, 0.4) is 0 Å². The van der Waals surface area contributed by atoms with Crippen LogP contribution in [0.5, 0.6) is 0 Å². The van der Waals surface area contributed by atoms with Crippen LogP contribution in [0.25, 0.3) is 11.1 Å². The molecule has 28 heavy (non-hydrogen) atoms. The number of amides is 1. The highest BCUT2D eigenvalue weighted by atomic mass is 19.1. The summed E-state index contributed by atoms with van der Waals surface area (Å²) in [6, 6.07) is 13.8. The number of hydrogen-bond donors (Lipinski definition) is 1. The topological polar surface area (TPSA) is 65.4 Å². The molecule has 0 aromatic heterocycles. The van der Waals surface area contributed by atoms with Crippen molar-refractivity contribution in [1.29, 1.82) is 5.26 Å². The molecule has 0 unspecified atom stereocenters. The number of hydrogen-bond acceptors (Lipinski definition) is 4. The van der Waals surface area contributed by atoms with Crippen molar-refractivity contribution in [3.05, 3.63) is 59.4 Å². The van der Waals surface area contributed by atoms with Gasteiger partial charge in [-0.05, 0) is 48.7 Å². The molecule has 0 saturated carbocycles. The van der Waals surface area contributed by atoms with Crippen molar-refractivity contribution in [2.45, 2.75) is 19.4 Å². The molecule has 1 heterocycles. The fraction of sp³-hybridized carbons (Fsp3) is 0.364. The lowest BCUT2D eigenvalue weighted by atomic mass is 10.0. The van der Waals surface area contributed by atoms with Crippen LogP contribution in [0.15, 0.2) is 42.5 Å². The zero-order valence-corrected chi connectivity index (χ0v) is 16.0. The summed E-state index contributed by atoms with van der Waals surface area (Å²) in [6.07, 6.45) is 0.885. The minimum atomic E-state index is -0.534. The van der Waals surface area contributed by atoms with Crippen molar-refractivity contribution < 1.29 is 13.9 Å². The lowest BCUT2D eigenvalue weighted by molar-refractivity contribution is 0.0187. The van der Waals surface area contributed by atoms with Crippen LogP contribution in [0, 0.1) is 17.1 Å². The lowest BCUT2D eigenvalue weighted by Gasteiger charge is -2.32. The van der Waals surface area contributed by atoms with Crippen molar-refractivity contribution in [3.8, 4) is 17.2 Å². The summed E-state index contributed by atoms with van der Waals surface area (Å²) in [6.45, 7) is 6.20. The van der Waals surface area contributed by atoms with Gasteiger partial charge in [0, 0.05) is 31.2 Å². The Morgan fingerprint density at radius 2 is 1.89 bits per heavy atom. The SMILES string of the molecule is C[C@@H](CCNC(=O)c1ccc(-c2ccc(F)c(C#N)c2)cc1)N1CCOCC1. The Morgan fingerprint density at radius 3 is 2.57 bits per heavy atom. The molecule has 2 aromatic carbocycles. The zero-order chi connectivity index (χ0) is 19.9. The third kappa shape index (κ3) is 4.94. The van der Waals surface area contributed by atoms with E-state index in [0.717, 1.165) is 43.9 Å².